The monoisotopic (exact) mass is 190 g/mol. The molecule has 0 saturated carbocycles. The highest BCUT2D eigenvalue weighted by molar-refractivity contribution is 6.04. The molecule has 2 rings (SSSR count). The number of hydrogen-bond donors (Lipinski definition) is 0. The third-order valence-corrected chi connectivity index (χ3v) is 2.91. The summed E-state index contributed by atoms with van der Waals surface area (Å²) < 4.78 is 5.20. The van der Waals surface area contributed by atoms with E-state index >= 15 is 0 Å². The third-order valence-electron chi connectivity index (χ3n) is 2.91. The van der Waals surface area contributed by atoms with Gasteiger partial charge in [0.05, 0.1) is 12.7 Å². The van der Waals surface area contributed by atoms with Crippen LogP contribution in [0.5, 0.6) is 5.75 Å². The first-order chi connectivity index (χ1) is 6.77. The van der Waals surface area contributed by atoms with Gasteiger partial charge in [0.1, 0.15) is 5.75 Å². The van der Waals surface area contributed by atoms with Crippen LogP contribution >= 0.6 is 0 Å². The van der Waals surface area contributed by atoms with Gasteiger partial charge in [-0.3, -0.25) is 4.79 Å². The fourth-order valence-electron chi connectivity index (χ4n) is 2.09. The number of rotatable bonds is 2. The number of ketones is 1. The lowest BCUT2D eigenvalue weighted by Crippen LogP contribution is -2.07. The molecule has 1 aromatic carbocycles. The van der Waals surface area contributed by atoms with E-state index in [2.05, 4.69) is 6.92 Å². The molecular weight excluding hydrogens is 176 g/mol. The van der Waals surface area contributed by atoms with Crippen molar-refractivity contribution in [3.8, 4) is 5.75 Å². The largest absolute Gasteiger partial charge is 0.496 e. The number of methoxy groups -OCH3 is 1. The molecule has 1 unspecified atom stereocenters. The Hall–Kier alpha value is -1.31. The van der Waals surface area contributed by atoms with Crippen LogP contribution in [0.4, 0.5) is 0 Å². The average molecular weight is 190 g/mol. The number of ether oxygens (including phenoxy) is 1. The molecule has 2 heteroatoms. The van der Waals surface area contributed by atoms with Crippen molar-refractivity contribution in [2.45, 2.75) is 19.8 Å². The molecular formula is C12H14O2. The number of carbonyl (C=O) groups excluding carboxylic acids is 1. The van der Waals surface area contributed by atoms with E-state index in [1.165, 1.54) is 0 Å². The van der Waals surface area contributed by atoms with Gasteiger partial charge in [-0.05, 0) is 24.5 Å². The Morgan fingerprint density at radius 3 is 2.93 bits per heavy atom. The summed E-state index contributed by atoms with van der Waals surface area (Å²) in [6.45, 7) is 2.06. The molecule has 0 N–H and O–H groups in total. The lowest BCUT2D eigenvalue weighted by molar-refractivity contribution is 0.0931. The molecule has 0 bridgehead atoms. The molecule has 1 aromatic rings. The van der Waals surface area contributed by atoms with Crippen LogP contribution in [0.3, 0.4) is 0 Å². The SMILES string of the molecule is CCC1Cc2cccc(OC)c2C1=O. The van der Waals surface area contributed by atoms with Gasteiger partial charge < -0.3 is 4.74 Å². The molecule has 0 aromatic heterocycles. The van der Waals surface area contributed by atoms with E-state index in [0.717, 1.165) is 29.7 Å². The number of carbonyl (C=O) groups is 1. The average Bonchev–Trinajstić information content (AvgIpc) is 2.55. The normalized spacial score (nSPS) is 19.6. The summed E-state index contributed by atoms with van der Waals surface area (Å²) in [6.07, 6.45) is 1.79. The summed E-state index contributed by atoms with van der Waals surface area (Å²) in [7, 11) is 1.61. The highest BCUT2D eigenvalue weighted by Gasteiger charge is 2.31. The predicted molar refractivity (Wildman–Crippen MR) is 54.8 cm³/mol. The first-order valence-electron chi connectivity index (χ1n) is 4.98. The second-order valence-electron chi connectivity index (χ2n) is 3.67. The van der Waals surface area contributed by atoms with Gasteiger partial charge in [0.15, 0.2) is 5.78 Å². The van der Waals surface area contributed by atoms with Crippen molar-refractivity contribution >= 4 is 5.78 Å². The lowest BCUT2D eigenvalue weighted by Gasteiger charge is -2.05. The fourth-order valence-corrected chi connectivity index (χ4v) is 2.09. The quantitative estimate of drug-likeness (QED) is 0.716. The molecule has 74 valence electrons. The van der Waals surface area contributed by atoms with E-state index in [4.69, 9.17) is 4.74 Å². The Balaban J connectivity index is 2.48. The second-order valence-corrected chi connectivity index (χ2v) is 3.67. The molecule has 0 fully saturated rings. The molecule has 1 aliphatic carbocycles. The summed E-state index contributed by atoms with van der Waals surface area (Å²) in [5, 5.41) is 0. The van der Waals surface area contributed by atoms with E-state index in [-0.39, 0.29) is 11.7 Å². The molecule has 0 spiro atoms. The van der Waals surface area contributed by atoms with Crippen molar-refractivity contribution in [3.05, 3.63) is 29.3 Å². The van der Waals surface area contributed by atoms with Gasteiger partial charge in [-0.25, -0.2) is 0 Å². The minimum Gasteiger partial charge on any atom is -0.496 e. The van der Waals surface area contributed by atoms with Gasteiger partial charge in [0, 0.05) is 5.92 Å². The summed E-state index contributed by atoms with van der Waals surface area (Å²) in [5.41, 5.74) is 1.95. The van der Waals surface area contributed by atoms with Gasteiger partial charge in [0.25, 0.3) is 0 Å². The van der Waals surface area contributed by atoms with E-state index < -0.39 is 0 Å². The summed E-state index contributed by atoms with van der Waals surface area (Å²) >= 11 is 0. The summed E-state index contributed by atoms with van der Waals surface area (Å²) in [6, 6.07) is 5.82. The Bertz CT molecular complexity index is 369. The van der Waals surface area contributed by atoms with E-state index in [1.54, 1.807) is 7.11 Å². The topological polar surface area (TPSA) is 26.3 Å². The zero-order chi connectivity index (χ0) is 10.1. The number of fused-ring (bicyclic) bond motifs is 1. The van der Waals surface area contributed by atoms with E-state index in [1.807, 2.05) is 18.2 Å². The fraction of sp³-hybridized carbons (Fsp3) is 0.417. The first-order valence-corrected chi connectivity index (χ1v) is 4.98. The molecule has 0 amide bonds. The Morgan fingerprint density at radius 1 is 1.50 bits per heavy atom. The highest BCUT2D eigenvalue weighted by atomic mass is 16.5. The Kier molecular flexibility index (Phi) is 2.28. The summed E-state index contributed by atoms with van der Waals surface area (Å²) in [4.78, 5) is 11.9. The smallest absolute Gasteiger partial charge is 0.170 e. The van der Waals surface area contributed by atoms with Gasteiger partial charge in [-0.15, -0.1) is 0 Å². The number of hydrogen-bond acceptors (Lipinski definition) is 2. The van der Waals surface area contributed by atoms with Crippen LogP contribution in [0.15, 0.2) is 18.2 Å². The number of Topliss-reactive ketones (excluding diaryl/α,β-unsaturated/α-hetero) is 1. The molecule has 14 heavy (non-hydrogen) atoms. The van der Waals surface area contributed by atoms with Gasteiger partial charge in [0.2, 0.25) is 0 Å². The Labute approximate surface area is 83.9 Å². The van der Waals surface area contributed by atoms with Crippen molar-refractivity contribution in [3.63, 3.8) is 0 Å². The van der Waals surface area contributed by atoms with Gasteiger partial charge >= 0.3 is 0 Å². The molecule has 0 aliphatic heterocycles. The van der Waals surface area contributed by atoms with E-state index in [0.29, 0.717) is 0 Å². The molecule has 2 nitrogen and oxygen atoms in total. The maximum Gasteiger partial charge on any atom is 0.170 e. The van der Waals surface area contributed by atoms with E-state index in [9.17, 15) is 4.79 Å². The lowest BCUT2D eigenvalue weighted by atomic mass is 10.0. The molecule has 0 saturated heterocycles. The van der Waals surface area contributed by atoms with Gasteiger partial charge in [-0.1, -0.05) is 19.1 Å². The van der Waals surface area contributed by atoms with Crippen LogP contribution in [-0.4, -0.2) is 12.9 Å². The number of benzene rings is 1. The predicted octanol–water partition coefficient (Wildman–Crippen LogP) is 2.46. The zero-order valence-electron chi connectivity index (χ0n) is 8.54. The van der Waals surface area contributed by atoms with Crippen molar-refractivity contribution in [1.29, 1.82) is 0 Å². The van der Waals surface area contributed by atoms with Crippen LogP contribution in [0.25, 0.3) is 0 Å². The minimum absolute atomic E-state index is 0.168. The van der Waals surface area contributed by atoms with Crippen LogP contribution in [0.2, 0.25) is 0 Å². The van der Waals surface area contributed by atoms with Crippen LogP contribution in [-0.2, 0) is 6.42 Å². The minimum atomic E-state index is 0.168. The van der Waals surface area contributed by atoms with Crippen LogP contribution < -0.4 is 4.74 Å². The maximum absolute atomic E-state index is 11.9. The van der Waals surface area contributed by atoms with Gasteiger partial charge in [-0.2, -0.15) is 0 Å². The third kappa shape index (κ3) is 1.22. The molecule has 0 radical (unpaired) electrons. The summed E-state index contributed by atoms with van der Waals surface area (Å²) in [5.74, 6) is 1.14. The second kappa shape index (κ2) is 3.45. The highest BCUT2D eigenvalue weighted by Crippen LogP contribution is 2.34. The first kappa shape index (κ1) is 9.25. The van der Waals surface area contributed by atoms with Crippen molar-refractivity contribution in [1.82, 2.24) is 0 Å². The van der Waals surface area contributed by atoms with Crippen molar-refractivity contribution < 1.29 is 9.53 Å². The zero-order valence-corrected chi connectivity index (χ0v) is 8.54. The van der Waals surface area contributed by atoms with Crippen molar-refractivity contribution in [2.75, 3.05) is 7.11 Å². The standard InChI is InChI=1S/C12H14O2/c1-3-8-7-9-5-4-6-10(14-2)11(9)12(8)13/h4-6,8H,3,7H2,1-2H3. The van der Waals surface area contributed by atoms with Crippen LogP contribution in [0.1, 0.15) is 29.3 Å². The van der Waals surface area contributed by atoms with Crippen molar-refractivity contribution in [2.24, 2.45) is 5.92 Å². The molecule has 1 atom stereocenters. The maximum atomic E-state index is 11.9. The van der Waals surface area contributed by atoms with Crippen LogP contribution in [0, 0.1) is 5.92 Å². The Morgan fingerprint density at radius 2 is 2.29 bits per heavy atom. The molecule has 0 heterocycles. The molecule has 1 aliphatic rings.